The van der Waals surface area contributed by atoms with Gasteiger partial charge in [-0.15, -0.1) is 0 Å². The molecule has 0 spiro atoms. The van der Waals surface area contributed by atoms with E-state index in [0.717, 1.165) is 0 Å². The van der Waals surface area contributed by atoms with E-state index in [1.807, 2.05) is 0 Å². The topological polar surface area (TPSA) is 82.0 Å². The fourth-order valence-electron chi connectivity index (χ4n) is 0.246. The highest BCUT2D eigenvalue weighted by atomic mass is 16.4. The van der Waals surface area contributed by atoms with Gasteiger partial charge < -0.3 is 5.11 Å². The summed E-state index contributed by atoms with van der Waals surface area (Å²) in [5.74, 6) is -1.28. The van der Waals surface area contributed by atoms with E-state index < -0.39 is 5.97 Å². The summed E-state index contributed by atoms with van der Waals surface area (Å²) >= 11 is 0. The second-order valence-electron chi connectivity index (χ2n) is 1.43. The summed E-state index contributed by atoms with van der Waals surface area (Å²) in [6.45, 7) is 0. The van der Waals surface area contributed by atoms with Crippen LogP contribution in [0.25, 0.3) is 0 Å². The lowest BCUT2D eigenvalue weighted by Gasteiger charge is -1.83. The van der Waals surface area contributed by atoms with Gasteiger partial charge in [-0.05, 0) is 0 Å². The number of carboxylic acids is 1. The maximum atomic E-state index is 9.97. The van der Waals surface area contributed by atoms with Crippen molar-refractivity contribution in [3.05, 3.63) is 0 Å². The number of quaternary nitrogens is 1. The van der Waals surface area contributed by atoms with Gasteiger partial charge in [-0.1, -0.05) is 0 Å². The van der Waals surface area contributed by atoms with Crippen LogP contribution in [0.3, 0.4) is 0 Å². The smallest absolute Gasteiger partial charge is 0.309 e. The van der Waals surface area contributed by atoms with Crippen LogP contribution in [0.1, 0.15) is 12.8 Å². The molecule has 0 saturated carbocycles. The third-order valence-electron chi connectivity index (χ3n) is 0.618. The maximum absolute atomic E-state index is 9.97. The van der Waals surface area contributed by atoms with Crippen LogP contribution in [0, 0.1) is 0 Å². The molecule has 0 aliphatic rings. The number of carbonyl (C=O) groups is 2. The monoisotopic (exact) mass is 118 g/mol. The number of hydrogen-bond donors (Lipinski definition) is 2. The highest BCUT2D eigenvalue weighted by molar-refractivity contribution is 5.74. The summed E-state index contributed by atoms with van der Waals surface area (Å²) in [5.41, 5.74) is 3.01. The molecule has 46 valence electrons. The molecule has 0 aliphatic carbocycles. The van der Waals surface area contributed by atoms with Gasteiger partial charge in [-0.3, -0.25) is 10.5 Å². The summed E-state index contributed by atoms with van der Waals surface area (Å²) in [6.07, 6.45) is -0.0718. The molecule has 0 atom stereocenters. The highest BCUT2D eigenvalue weighted by Crippen LogP contribution is 1.83. The van der Waals surface area contributed by atoms with Crippen LogP contribution < -0.4 is 5.73 Å². The summed E-state index contributed by atoms with van der Waals surface area (Å²) < 4.78 is 0. The van der Waals surface area contributed by atoms with Crippen molar-refractivity contribution in [2.45, 2.75) is 12.8 Å². The predicted octanol–water partition coefficient (Wildman–Crippen LogP) is -1.38. The van der Waals surface area contributed by atoms with E-state index in [0.29, 0.717) is 0 Å². The van der Waals surface area contributed by atoms with Crippen molar-refractivity contribution in [1.29, 1.82) is 0 Å². The summed E-state index contributed by atoms with van der Waals surface area (Å²) in [5, 5.41) is 7.98. The first-order valence-corrected chi connectivity index (χ1v) is 2.19. The van der Waals surface area contributed by atoms with E-state index in [9.17, 15) is 9.59 Å². The Bertz CT molecular complexity index is 95.9. The molecule has 8 heavy (non-hydrogen) atoms. The Morgan fingerprint density at radius 1 is 1.38 bits per heavy atom. The molecule has 0 aliphatic heterocycles. The average Bonchev–Trinajstić information content (AvgIpc) is 1.61. The van der Waals surface area contributed by atoms with Gasteiger partial charge in [0, 0.05) is 0 Å². The Hall–Kier alpha value is -0.900. The predicted molar refractivity (Wildman–Crippen MR) is 24.8 cm³/mol. The number of amides is 1. The molecule has 0 radical (unpaired) electrons. The van der Waals surface area contributed by atoms with E-state index in [2.05, 4.69) is 5.73 Å². The van der Waals surface area contributed by atoms with Crippen LogP contribution in [0.15, 0.2) is 0 Å². The van der Waals surface area contributed by atoms with Crippen LogP contribution in [0.4, 0.5) is 0 Å². The van der Waals surface area contributed by atoms with Crippen LogP contribution in [-0.2, 0) is 9.59 Å². The summed E-state index contributed by atoms with van der Waals surface area (Å²) in [7, 11) is 0. The minimum absolute atomic E-state index is 0.0370. The summed E-state index contributed by atoms with van der Waals surface area (Å²) in [6, 6.07) is 0. The number of carboxylic acid groups (broad SMARTS) is 1. The molecular formula is C4H8NO3+. The quantitative estimate of drug-likeness (QED) is 0.479. The largest absolute Gasteiger partial charge is 0.481 e. The van der Waals surface area contributed by atoms with Crippen molar-refractivity contribution in [3.63, 3.8) is 0 Å². The van der Waals surface area contributed by atoms with E-state index in [4.69, 9.17) is 5.11 Å². The Balaban J connectivity index is 3.18. The van der Waals surface area contributed by atoms with E-state index in [1.165, 1.54) is 0 Å². The van der Waals surface area contributed by atoms with Crippen molar-refractivity contribution in [1.82, 2.24) is 0 Å². The fourth-order valence-corrected chi connectivity index (χ4v) is 0.246. The van der Waals surface area contributed by atoms with Gasteiger partial charge in [-0.25, -0.2) is 4.79 Å². The van der Waals surface area contributed by atoms with Gasteiger partial charge in [0.2, 0.25) is 0 Å². The molecule has 4 heteroatoms. The molecule has 0 saturated heterocycles. The van der Waals surface area contributed by atoms with Crippen molar-refractivity contribution in [2.24, 2.45) is 0 Å². The number of aliphatic carboxylic acids is 1. The highest BCUT2D eigenvalue weighted by Gasteiger charge is 2.01. The minimum atomic E-state index is -0.956. The fraction of sp³-hybridized carbons (Fsp3) is 0.500. The molecule has 0 fully saturated rings. The third kappa shape index (κ3) is 5.10. The van der Waals surface area contributed by atoms with E-state index >= 15 is 0 Å². The van der Waals surface area contributed by atoms with Crippen molar-refractivity contribution < 1.29 is 20.4 Å². The number of hydrogen-bond acceptors (Lipinski definition) is 2. The molecule has 0 heterocycles. The molecule has 0 unspecified atom stereocenters. The van der Waals surface area contributed by atoms with Gasteiger partial charge in [-0.2, -0.15) is 0 Å². The van der Waals surface area contributed by atoms with E-state index in [-0.39, 0.29) is 18.7 Å². The first-order chi connectivity index (χ1) is 3.63. The zero-order valence-electron chi connectivity index (χ0n) is 4.39. The molecule has 0 bridgehead atoms. The zero-order chi connectivity index (χ0) is 6.57. The van der Waals surface area contributed by atoms with Crippen molar-refractivity contribution >= 4 is 11.9 Å². The lowest BCUT2D eigenvalue weighted by molar-refractivity contribution is -0.305. The number of rotatable bonds is 3. The van der Waals surface area contributed by atoms with Crippen LogP contribution in [-0.4, -0.2) is 17.0 Å². The first kappa shape index (κ1) is 7.10. The third-order valence-corrected chi connectivity index (χ3v) is 0.618. The zero-order valence-corrected chi connectivity index (χ0v) is 4.39. The van der Waals surface area contributed by atoms with Gasteiger partial charge in [0.25, 0.3) is 0 Å². The standard InChI is InChI=1S/C4H7NO3/c5-3(6)1-2-4(7)8/h1-2H2,(H2,5,6)(H,7,8)/p+1. The molecule has 4 N–H and O–H groups in total. The number of carbonyl (C=O) groups excluding carboxylic acids is 1. The molecule has 0 rings (SSSR count). The lowest BCUT2D eigenvalue weighted by atomic mass is 10.3. The van der Waals surface area contributed by atoms with Crippen molar-refractivity contribution in [3.8, 4) is 0 Å². The van der Waals surface area contributed by atoms with Crippen LogP contribution in [0.2, 0.25) is 0 Å². The molecule has 0 aromatic carbocycles. The van der Waals surface area contributed by atoms with Crippen molar-refractivity contribution in [2.75, 3.05) is 0 Å². The molecule has 0 aromatic heterocycles. The molecular weight excluding hydrogens is 110 g/mol. The van der Waals surface area contributed by atoms with Gasteiger partial charge >= 0.3 is 11.9 Å². The van der Waals surface area contributed by atoms with Crippen LogP contribution >= 0.6 is 0 Å². The summed E-state index contributed by atoms with van der Waals surface area (Å²) in [4.78, 5) is 19.7. The van der Waals surface area contributed by atoms with Gasteiger partial charge in [0.05, 0.1) is 12.8 Å². The minimum Gasteiger partial charge on any atom is -0.481 e. The SMILES string of the molecule is [NH3+]C(=O)CCC(=O)O. The second-order valence-corrected chi connectivity index (χ2v) is 1.43. The normalized spacial score (nSPS) is 8.62. The van der Waals surface area contributed by atoms with E-state index in [1.54, 1.807) is 0 Å². The molecule has 4 nitrogen and oxygen atoms in total. The first-order valence-electron chi connectivity index (χ1n) is 2.19. The Labute approximate surface area is 46.3 Å². The molecule has 1 amide bonds. The Kier molecular flexibility index (Phi) is 2.79. The second kappa shape index (κ2) is 3.15. The van der Waals surface area contributed by atoms with Crippen LogP contribution in [0.5, 0.6) is 0 Å². The Morgan fingerprint density at radius 3 is 2.00 bits per heavy atom. The Morgan fingerprint density at radius 2 is 1.88 bits per heavy atom. The maximum Gasteiger partial charge on any atom is 0.309 e. The molecule has 0 aromatic rings. The van der Waals surface area contributed by atoms with Gasteiger partial charge in [0.1, 0.15) is 0 Å². The average molecular weight is 118 g/mol. The van der Waals surface area contributed by atoms with Gasteiger partial charge in [0.15, 0.2) is 0 Å². The lowest BCUT2D eigenvalue weighted by Crippen LogP contribution is -2.56.